The summed E-state index contributed by atoms with van der Waals surface area (Å²) in [7, 11) is 3.05. The van der Waals surface area contributed by atoms with E-state index in [-0.39, 0.29) is 11.5 Å². The van der Waals surface area contributed by atoms with E-state index < -0.39 is 4.92 Å². The number of H-pyrrole nitrogens is 1. The number of nitrogens with one attached hydrogen (secondary N) is 1. The third-order valence-corrected chi connectivity index (χ3v) is 3.33. The first-order valence-corrected chi connectivity index (χ1v) is 6.74. The van der Waals surface area contributed by atoms with Gasteiger partial charge in [0.25, 0.3) is 5.69 Å². The number of hydrogen-bond acceptors (Lipinski definition) is 8. The predicted octanol–water partition coefficient (Wildman–Crippen LogP) is 1.85. The van der Waals surface area contributed by atoms with Crippen LogP contribution in [0, 0.1) is 10.1 Å². The van der Waals surface area contributed by atoms with Crippen LogP contribution >= 0.6 is 0 Å². The van der Waals surface area contributed by atoms with Gasteiger partial charge in [-0.2, -0.15) is 5.21 Å². The van der Waals surface area contributed by atoms with Crippen LogP contribution in [0.2, 0.25) is 0 Å². The molecule has 10 heteroatoms. The van der Waals surface area contributed by atoms with Gasteiger partial charge in [-0.3, -0.25) is 10.1 Å². The standard InChI is InChI=1S/C14H12N6O4/c1-23-11-4-3-8(5-12(11)24-2)13-10(14-16-18-19-17-14)6-9(7-15-13)20(21)22/h3-7H,1-2H3,(H,16,17,18,19). The van der Waals surface area contributed by atoms with E-state index in [4.69, 9.17) is 9.47 Å². The van der Waals surface area contributed by atoms with E-state index in [0.717, 1.165) is 0 Å². The summed E-state index contributed by atoms with van der Waals surface area (Å²) in [6.07, 6.45) is 1.18. The largest absolute Gasteiger partial charge is 0.493 e. The SMILES string of the molecule is COc1ccc(-c2ncc([N+](=O)[O-])cc2-c2nn[nH]n2)cc1OC. The van der Waals surface area contributed by atoms with Crippen molar-refractivity contribution in [2.24, 2.45) is 0 Å². The summed E-state index contributed by atoms with van der Waals surface area (Å²) in [5.74, 6) is 1.27. The molecule has 3 rings (SSSR count). The Balaban J connectivity index is 2.19. The molecule has 0 spiro atoms. The second kappa shape index (κ2) is 6.28. The second-order valence-electron chi connectivity index (χ2n) is 4.65. The highest BCUT2D eigenvalue weighted by atomic mass is 16.6. The third kappa shape index (κ3) is 2.72. The van der Waals surface area contributed by atoms with Gasteiger partial charge < -0.3 is 9.47 Å². The topological polar surface area (TPSA) is 129 Å². The summed E-state index contributed by atoms with van der Waals surface area (Å²) < 4.78 is 10.5. The Morgan fingerprint density at radius 1 is 1.17 bits per heavy atom. The molecule has 0 bridgehead atoms. The number of tetrazole rings is 1. The smallest absolute Gasteiger partial charge is 0.288 e. The molecule has 2 heterocycles. The van der Waals surface area contributed by atoms with Crippen molar-refractivity contribution in [1.82, 2.24) is 25.6 Å². The fraction of sp³-hybridized carbons (Fsp3) is 0.143. The molecule has 3 aromatic rings. The minimum atomic E-state index is -0.533. The van der Waals surface area contributed by atoms with Gasteiger partial charge in [-0.05, 0) is 23.4 Å². The Bertz CT molecular complexity index is 881. The second-order valence-corrected chi connectivity index (χ2v) is 4.65. The van der Waals surface area contributed by atoms with Gasteiger partial charge in [0.1, 0.15) is 6.20 Å². The van der Waals surface area contributed by atoms with Crippen molar-refractivity contribution >= 4 is 5.69 Å². The molecule has 0 saturated heterocycles. The number of rotatable bonds is 5. The van der Waals surface area contributed by atoms with Crippen LogP contribution < -0.4 is 9.47 Å². The van der Waals surface area contributed by atoms with Gasteiger partial charge in [0.2, 0.25) is 5.82 Å². The van der Waals surface area contributed by atoms with Crippen LogP contribution in [0.15, 0.2) is 30.5 Å². The lowest BCUT2D eigenvalue weighted by molar-refractivity contribution is -0.385. The first kappa shape index (κ1) is 15.3. The van der Waals surface area contributed by atoms with Crippen molar-refractivity contribution in [3.63, 3.8) is 0 Å². The lowest BCUT2D eigenvalue weighted by Gasteiger charge is -2.10. The first-order valence-electron chi connectivity index (χ1n) is 6.74. The van der Waals surface area contributed by atoms with E-state index in [9.17, 15) is 10.1 Å². The van der Waals surface area contributed by atoms with Gasteiger partial charge in [-0.1, -0.05) is 0 Å². The van der Waals surface area contributed by atoms with E-state index in [0.29, 0.717) is 28.3 Å². The van der Waals surface area contributed by atoms with E-state index >= 15 is 0 Å². The number of pyridine rings is 1. The molecular formula is C14H12N6O4. The van der Waals surface area contributed by atoms with Crippen LogP contribution in [0.4, 0.5) is 5.69 Å². The quantitative estimate of drug-likeness (QED) is 0.555. The molecule has 0 radical (unpaired) electrons. The lowest BCUT2D eigenvalue weighted by Crippen LogP contribution is -1.97. The van der Waals surface area contributed by atoms with Gasteiger partial charge >= 0.3 is 0 Å². The summed E-state index contributed by atoms with van der Waals surface area (Å²) in [5.41, 5.74) is 1.34. The minimum absolute atomic E-state index is 0.168. The van der Waals surface area contributed by atoms with Crippen molar-refractivity contribution in [2.75, 3.05) is 14.2 Å². The Kier molecular flexibility index (Phi) is 4.01. The summed E-state index contributed by atoms with van der Waals surface area (Å²) >= 11 is 0. The van der Waals surface area contributed by atoms with Crippen LogP contribution in [0.5, 0.6) is 11.5 Å². The van der Waals surface area contributed by atoms with Crippen LogP contribution in [0.3, 0.4) is 0 Å². The van der Waals surface area contributed by atoms with Crippen LogP contribution in [0.25, 0.3) is 22.6 Å². The van der Waals surface area contributed by atoms with Crippen molar-refractivity contribution in [3.05, 3.63) is 40.6 Å². The number of benzene rings is 1. The Hall–Kier alpha value is -3.56. The summed E-state index contributed by atoms with van der Waals surface area (Å²) in [6, 6.07) is 6.55. The van der Waals surface area contributed by atoms with Crippen LogP contribution in [0.1, 0.15) is 0 Å². The Morgan fingerprint density at radius 3 is 2.58 bits per heavy atom. The van der Waals surface area contributed by atoms with Gasteiger partial charge in [0.15, 0.2) is 11.5 Å². The number of nitro groups is 1. The van der Waals surface area contributed by atoms with Crippen LogP contribution in [-0.4, -0.2) is 44.8 Å². The highest BCUT2D eigenvalue weighted by Gasteiger charge is 2.19. The molecule has 1 aromatic carbocycles. The average Bonchev–Trinajstić information content (AvgIpc) is 3.15. The predicted molar refractivity (Wildman–Crippen MR) is 82.6 cm³/mol. The maximum atomic E-state index is 11.0. The van der Waals surface area contributed by atoms with Crippen molar-refractivity contribution in [1.29, 1.82) is 0 Å². The normalized spacial score (nSPS) is 10.4. The average molecular weight is 328 g/mol. The van der Waals surface area contributed by atoms with Crippen molar-refractivity contribution in [3.8, 4) is 34.1 Å². The zero-order valence-electron chi connectivity index (χ0n) is 12.8. The molecule has 0 aliphatic rings. The molecule has 0 saturated carbocycles. The molecule has 0 fully saturated rings. The minimum Gasteiger partial charge on any atom is -0.493 e. The molecule has 0 aliphatic carbocycles. The highest BCUT2D eigenvalue weighted by Crippen LogP contribution is 2.36. The fourth-order valence-electron chi connectivity index (χ4n) is 2.21. The molecule has 0 amide bonds. The first-order chi connectivity index (χ1) is 11.6. The molecular weight excluding hydrogens is 316 g/mol. The number of ether oxygens (including phenoxy) is 2. The van der Waals surface area contributed by atoms with E-state index in [1.165, 1.54) is 26.5 Å². The van der Waals surface area contributed by atoms with Gasteiger partial charge in [-0.15, -0.1) is 10.2 Å². The maximum Gasteiger partial charge on any atom is 0.288 e. The molecule has 122 valence electrons. The molecule has 2 aromatic heterocycles. The van der Waals surface area contributed by atoms with Crippen LogP contribution in [-0.2, 0) is 0 Å². The van der Waals surface area contributed by atoms with E-state index in [2.05, 4.69) is 25.6 Å². The number of aromatic amines is 1. The molecule has 10 nitrogen and oxygen atoms in total. The summed E-state index contributed by atoms with van der Waals surface area (Å²) in [4.78, 5) is 14.7. The Morgan fingerprint density at radius 2 is 1.96 bits per heavy atom. The van der Waals surface area contributed by atoms with E-state index in [1.54, 1.807) is 18.2 Å². The zero-order chi connectivity index (χ0) is 17.1. The summed E-state index contributed by atoms with van der Waals surface area (Å²) in [5, 5.41) is 24.6. The Labute approximate surface area is 135 Å². The summed E-state index contributed by atoms with van der Waals surface area (Å²) in [6.45, 7) is 0. The molecule has 1 N–H and O–H groups in total. The molecule has 0 atom stereocenters. The van der Waals surface area contributed by atoms with Gasteiger partial charge in [0, 0.05) is 11.6 Å². The lowest BCUT2D eigenvalue weighted by atomic mass is 10.0. The number of aromatic nitrogens is 5. The van der Waals surface area contributed by atoms with E-state index in [1.807, 2.05) is 0 Å². The number of hydrogen-bond donors (Lipinski definition) is 1. The maximum absolute atomic E-state index is 11.0. The monoisotopic (exact) mass is 328 g/mol. The molecule has 0 aliphatic heterocycles. The third-order valence-electron chi connectivity index (χ3n) is 3.33. The van der Waals surface area contributed by atoms with Gasteiger partial charge in [0.05, 0.1) is 30.4 Å². The highest BCUT2D eigenvalue weighted by molar-refractivity contribution is 5.79. The fourth-order valence-corrected chi connectivity index (χ4v) is 2.21. The van der Waals surface area contributed by atoms with Gasteiger partial charge in [-0.25, -0.2) is 4.98 Å². The zero-order valence-corrected chi connectivity index (χ0v) is 12.8. The molecule has 0 unspecified atom stereocenters. The number of methoxy groups -OCH3 is 2. The van der Waals surface area contributed by atoms with Crippen molar-refractivity contribution < 1.29 is 14.4 Å². The molecule has 24 heavy (non-hydrogen) atoms. The van der Waals surface area contributed by atoms with Crippen molar-refractivity contribution in [2.45, 2.75) is 0 Å². The number of nitrogens with zero attached hydrogens (tertiary/aromatic N) is 5.